The molecule has 0 saturated carbocycles. The van der Waals surface area contributed by atoms with Crippen LogP contribution in [0, 0.1) is 6.92 Å². The first-order chi connectivity index (χ1) is 21.6. The molecule has 45 heavy (non-hydrogen) atoms. The van der Waals surface area contributed by atoms with Crippen molar-refractivity contribution in [3.63, 3.8) is 0 Å². The van der Waals surface area contributed by atoms with E-state index in [1.54, 1.807) is 61.5 Å². The number of fused-ring (bicyclic) bond motifs is 1. The van der Waals surface area contributed by atoms with Gasteiger partial charge in [-0.2, -0.15) is 0 Å². The zero-order chi connectivity index (χ0) is 32.5. The molecule has 0 spiro atoms. The van der Waals surface area contributed by atoms with Crippen LogP contribution < -0.4 is 19.9 Å². The third kappa shape index (κ3) is 8.60. The molecule has 0 radical (unpaired) electrons. The Bertz CT molecular complexity index is 1730. The second-order valence-electron chi connectivity index (χ2n) is 10.2. The Kier molecular flexibility index (Phi) is 11.5. The van der Waals surface area contributed by atoms with Gasteiger partial charge in [0.1, 0.15) is 17.9 Å². The number of amides is 3. The average Bonchev–Trinajstić information content (AvgIpc) is 3.03. The van der Waals surface area contributed by atoms with Gasteiger partial charge in [-0.25, -0.2) is 4.98 Å². The fraction of sp³-hybridized carbons (Fsp3) is 0.235. The predicted molar refractivity (Wildman–Crippen MR) is 179 cm³/mol. The fourth-order valence-corrected chi connectivity index (χ4v) is 5.13. The topological polar surface area (TPSA) is 101 Å². The van der Waals surface area contributed by atoms with Gasteiger partial charge in [-0.15, -0.1) is 0 Å². The summed E-state index contributed by atoms with van der Waals surface area (Å²) in [5.74, 6) is -0.333. The van der Waals surface area contributed by atoms with Gasteiger partial charge in [-0.05, 0) is 55.0 Å². The Labute approximate surface area is 272 Å². The third-order valence-corrected chi connectivity index (χ3v) is 7.82. The highest BCUT2D eigenvalue weighted by atomic mass is 35.5. The van der Waals surface area contributed by atoms with Crippen LogP contribution in [0.3, 0.4) is 0 Å². The molecule has 0 aliphatic rings. The average molecular weight is 650 g/mol. The number of anilines is 2. The van der Waals surface area contributed by atoms with Gasteiger partial charge in [-0.3, -0.25) is 14.4 Å². The van der Waals surface area contributed by atoms with Crippen LogP contribution >= 0.6 is 23.2 Å². The number of ether oxygens (including phenoxy) is 2. The molecule has 11 heteroatoms. The number of carbonyl (C=O) groups is 3. The summed E-state index contributed by atoms with van der Waals surface area (Å²) in [6, 6.07) is 20.0. The van der Waals surface area contributed by atoms with Gasteiger partial charge >= 0.3 is 0 Å². The highest BCUT2D eigenvalue weighted by molar-refractivity contribution is 6.38. The Hall–Kier alpha value is -4.44. The molecule has 0 atom stereocenters. The molecule has 234 valence electrons. The van der Waals surface area contributed by atoms with Gasteiger partial charge in [0.2, 0.25) is 17.7 Å². The maximum Gasteiger partial charge on any atom is 0.246 e. The number of para-hydroxylation sites is 1. The van der Waals surface area contributed by atoms with Crippen LogP contribution in [0.15, 0.2) is 72.8 Å². The lowest BCUT2D eigenvalue weighted by Gasteiger charge is -2.21. The lowest BCUT2D eigenvalue weighted by Crippen LogP contribution is -2.37. The summed E-state index contributed by atoms with van der Waals surface area (Å²) in [5.41, 5.74) is 4.02. The molecule has 1 heterocycles. The molecule has 0 aliphatic carbocycles. The summed E-state index contributed by atoms with van der Waals surface area (Å²) in [6.45, 7) is 4.06. The molecule has 1 N–H and O–H groups in total. The van der Waals surface area contributed by atoms with Crippen molar-refractivity contribution in [3.05, 3.63) is 99.7 Å². The summed E-state index contributed by atoms with van der Waals surface area (Å²) in [6.07, 6.45) is 2.96. The van der Waals surface area contributed by atoms with E-state index in [0.29, 0.717) is 35.2 Å². The van der Waals surface area contributed by atoms with Gasteiger partial charge in [0.05, 0.1) is 23.9 Å². The number of hydrogen-bond acceptors (Lipinski definition) is 6. The van der Waals surface area contributed by atoms with E-state index in [-0.39, 0.29) is 30.0 Å². The molecule has 1 aromatic heterocycles. The van der Waals surface area contributed by atoms with E-state index in [2.05, 4.69) is 10.3 Å². The van der Waals surface area contributed by atoms with Crippen molar-refractivity contribution in [2.45, 2.75) is 20.5 Å². The summed E-state index contributed by atoms with van der Waals surface area (Å²) in [4.78, 5) is 44.9. The first kappa shape index (κ1) is 33.5. The molecular formula is C34H34Cl2N4O5. The zero-order valence-corrected chi connectivity index (χ0v) is 27.0. The van der Waals surface area contributed by atoms with Gasteiger partial charge in [0, 0.05) is 61.1 Å². The minimum Gasteiger partial charge on any atom is -0.487 e. The molecule has 0 unspecified atom stereocenters. The number of aromatic nitrogens is 1. The second-order valence-corrected chi connectivity index (χ2v) is 11.0. The van der Waals surface area contributed by atoms with E-state index in [9.17, 15) is 14.4 Å². The molecule has 0 aliphatic heterocycles. The van der Waals surface area contributed by atoms with Crippen molar-refractivity contribution >= 4 is 69.3 Å². The number of likely N-dealkylation sites (N-methyl/N-ethyl adjacent to an activating group) is 1. The Morgan fingerprint density at radius 2 is 1.76 bits per heavy atom. The van der Waals surface area contributed by atoms with Crippen LogP contribution in [0.4, 0.5) is 11.4 Å². The maximum atomic E-state index is 13.0. The Morgan fingerprint density at radius 3 is 2.47 bits per heavy atom. The van der Waals surface area contributed by atoms with E-state index < -0.39 is 5.91 Å². The Morgan fingerprint density at radius 1 is 1.00 bits per heavy atom. The molecular weight excluding hydrogens is 615 g/mol. The van der Waals surface area contributed by atoms with E-state index in [4.69, 9.17) is 32.7 Å². The molecule has 0 fully saturated rings. The number of pyridine rings is 1. The first-order valence-corrected chi connectivity index (χ1v) is 14.9. The molecule has 0 saturated heterocycles. The number of nitrogens with zero attached hydrogens (tertiary/aromatic N) is 3. The first-order valence-electron chi connectivity index (χ1n) is 14.1. The lowest BCUT2D eigenvalue weighted by atomic mass is 10.1. The smallest absolute Gasteiger partial charge is 0.246 e. The quantitative estimate of drug-likeness (QED) is 0.183. The molecule has 9 nitrogen and oxygen atoms in total. The van der Waals surface area contributed by atoms with Crippen molar-refractivity contribution < 1.29 is 23.9 Å². The number of rotatable bonds is 12. The molecule has 4 rings (SSSR count). The van der Waals surface area contributed by atoms with Crippen molar-refractivity contribution in [1.29, 1.82) is 0 Å². The van der Waals surface area contributed by atoms with Crippen LogP contribution in [-0.4, -0.2) is 56.6 Å². The third-order valence-electron chi connectivity index (χ3n) is 7.04. The van der Waals surface area contributed by atoms with E-state index in [1.807, 2.05) is 37.3 Å². The van der Waals surface area contributed by atoms with E-state index in [0.717, 1.165) is 27.8 Å². The number of methoxy groups -OCH3 is 1. The minimum atomic E-state index is -0.443. The van der Waals surface area contributed by atoms with Crippen LogP contribution in [0.2, 0.25) is 10.0 Å². The van der Waals surface area contributed by atoms with Crippen LogP contribution in [0.5, 0.6) is 5.75 Å². The number of aryl methyl sites for hydroxylation is 1. The van der Waals surface area contributed by atoms with Gasteiger partial charge in [0.15, 0.2) is 0 Å². The van der Waals surface area contributed by atoms with Crippen LogP contribution in [0.25, 0.3) is 17.0 Å². The molecule has 4 aromatic rings. The van der Waals surface area contributed by atoms with Crippen molar-refractivity contribution in [3.8, 4) is 5.75 Å². The summed E-state index contributed by atoms with van der Waals surface area (Å²) in [7, 11) is 3.15. The number of benzene rings is 3. The van der Waals surface area contributed by atoms with E-state index >= 15 is 0 Å². The molecule has 3 amide bonds. The minimum absolute atomic E-state index is 0.0602. The zero-order valence-electron chi connectivity index (χ0n) is 25.5. The van der Waals surface area contributed by atoms with Gasteiger partial charge < -0.3 is 24.6 Å². The summed E-state index contributed by atoms with van der Waals surface area (Å²) >= 11 is 13.2. The monoisotopic (exact) mass is 648 g/mol. The number of halogens is 2. The van der Waals surface area contributed by atoms with Gasteiger partial charge in [-0.1, -0.05) is 53.5 Å². The Balaban J connectivity index is 1.36. The van der Waals surface area contributed by atoms with E-state index in [1.165, 1.54) is 17.9 Å². The molecule has 0 bridgehead atoms. The number of carbonyl (C=O) groups excluding carboxylic acids is 3. The SMILES string of the molecule is COCCN(C(C)=O)c1ccc(C=CC(=O)NCC(=O)N(C)c2ccc(Cl)c(COc3cccc4ccc(C)nc34)c2Cl)cc1. The summed E-state index contributed by atoms with van der Waals surface area (Å²) in [5, 5.41) is 4.20. The highest BCUT2D eigenvalue weighted by Crippen LogP contribution is 2.35. The van der Waals surface area contributed by atoms with Crippen LogP contribution in [-0.2, 0) is 25.7 Å². The standard InChI is InChI=1S/C34H34Cl2N4O5/c1-22-8-12-25-6-5-7-30(34(25)38-22)45-21-27-28(35)15-16-29(33(27)36)39(3)32(43)20-37-31(42)17-11-24-9-13-26(14-10-24)40(23(2)41)18-19-44-4/h5-17H,18-21H2,1-4H3,(H,37,42). The fourth-order valence-electron chi connectivity index (χ4n) is 4.52. The van der Waals surface area contributed by atoms with Gasteiger partial charge in [0.25, 0.3) is 0 Å². The lowest BCUT2D eigenvalue weighted by molar-refractivity contribution is -0.122. The maximum absolute atomic E-state index is 13.0. The van der Waals surface area contributed by atoms with Crippen molar-refractivity contribution in [2.75, 3.05) is 43.7 Å². The van der Waals surface area contributed by atoms with Crippen molar-refractivity contribution in [2.24, 2.45) is 0 Å². The number of nitrogens with one attached hydrogen (secondary N) is 1. The summed E-state index contributed by atoms with van der Waals surface area (Å²) < 4.78 is 11.2. The predicted octanol–water partition coefficient (Wildman–Crippen LogP) is 6.22. The van der Waals surface area contributed by atoms with Crippen LogP contribution in [0.1, 0.15) is 23.7 Å². The molecule has 3 aromatic carbocycles. The van der Waals surface area contributed by atoms with Crippen molar-refractivity contribution in [1.82, 2.24) is 10.3 Å². The highest BCUT2D eigenvalue weighted by Gasteiger charge is 2.19. The second kappa shape index (κ2) is 15.5. The largest absolute Gasteiger partial charge is 0.487 e. The normalized spacial score (nSPS) is 11.1. The number of hydrogen-bond donors (Lipinski definition) is 1.